The average molecular weight is 472 g/mol. The summed E-state index contributed by atoms with van der Waals surface area (Å²) in [5.74, 6) is -0.138. The first-order chi connectivity index (χ1) is 15.3. The minimum absolute atomic E-state index is 0.0309. The SMILES string of the molecule is O=C(CCCCCN1C(=O)/C(=C/c2ccc(O)cc2)SC1=S)Nc1ccc([N+](=O)[O-])cc1. The molecule has 2 amide bonds. The van der Waals surface area contributed by atoms with Crippen molar-refractivity contribution in [2.24, 2.45) is 0 Å². The van der Waals surface area contributed by atoms with Crippen molar-refractivity contribution in [3.8, 4) is 5.75 Å². The molecule has 0 atom stereocenters. The summed E-state index contributed by atoms with van der Waals surface area (Å²) in [6.07, 6.45) is 4.18. The van der Waals surface area contributed by atoms with E-state index in [-0.39, 0.29) is 23.3 Å². The van der Waals surface area contributed by atoms with Gasteiger partial charge in [0.15, 0.2) is 0 Å². The molecule has 1 aliphatic rings. The number of nitrogens with zero attached hydrogens (tertiary/aromatic N) is 2. The number of nitro benzene ring substituents is 1. The number of hydrogen-bond donors (Lipinski definition) is 2. The predicted octanol–water partition coefficient (Wildman–Crippen LogP) is 4.70. The van der Waals surface area contributed by atoms with E-state index in [0.717, 1.165) is 12.0 Å². The lowest BCUT2D eigenvalue weighted by atomic mass is 10.1. The van der Waals surface area contributed by atoms with Crippen LogP contribution in [0.1, 0.15) is 31.2 Å². The molecule has 1 heterocycles. The first kappa shape index (κ1) is 23.4. The Morgan fingerprint density at radius 2 is 1.81 bits per heavy atom. The predicted molar refractivity (Wildman–Crippen MR) is 128 cm³/mol. The van der Waals surface area contributed by atoms with Crippen LogP contribution < -0.4 is 5.32 Å². The molecule has 0 bridgehead atoms. The van der Waals surface area contributed by atoms with E-state index in [2.05, 4.69) is 5.32 Å². The van der Waals surface area contributed by atoms with Crippen LogP contribution in [0, 0.1) is 10.1 Å². The summed E-state index contributed by atoms with van der Waals surface area (Å²) >= 11 is 6.58. The average Bonchev–Trinajstić information content (AvgIpc) is 3.02. The van der Waals surface area contributed by atoms with E-state index in [1.807, 2.05) is 0 Å². The first-order valence-corrected chi connectivity index (χ1v) is 11.1. The van der Waals surface area contributed by atoms with Crippen LogP contribution in [0.2, 0.25) is 0 Å². The maximum atomic E-state index is 12.6. The molecule has 3 rings (SSSR count). The summed E-state index contributed by atoms with van der Waals surface area (Å²) in [5, 5.41) is 22.7. The molecule has 2 aromatic carbocycles. The number of anilines is 1. The summed E-state index contributed by atoms with van der Waals surface area (Å²) in [4.78, 5) is 36.9. The number of nitro groups is 1. The second-order valence-corrected chi connectivity index (χ2v) is 8.76. The van der Waals surface area contributed by atoms with Gasteiger partial charge in [0.1, 0.15) is 10.1 Å². The number of carbonyl (C=O) groups is 2. The maximum absolute atomic E-state index is 12.6. The zero-order valence-electron chi connectivity index (χ0n) is 17.0. The van der Waals surface area contributed by atoms with Gasteiger partial charge < -0.3 is 10.4 Å². The number of thioether (sulfide) groups is 1. The minimum Gasteiger partial charge on any atom is -0.508 e. The van der Waals surface area contributed by atoms with E-state index in [1.54, 1.807) is 35.2 Å². The Kier molecular flexibility index (Phi) is 7.96. The molecule has 0 radical (unpaired) electrons. The van der Waals surface area contributed by atoms with Gasteiger partial charge in [0.05, 0.1) is 9.83 Å². The molecule has 2 aromatic rings. The Balaban J connectivity index is 1.40. The second-order valence-electron chi connectivity index (χ2n) is 7.09. The Labute approximate surface area is 194 Å². The van der Waals surface area contributed by atoms with Gasteiger partial charge in [0.2, 0.25) is 5.91 Å². The lowest BCUT2D eigenvalue weighted by molar-refractivity contribution is -0.384. The summed E-state index contributed by atoms with van der Waals surface area (Å²) in [6.45, 7) is 0.488. The van der Waals surface area contributed by atoms with Gasteiger partial charge >= 0.3 is 0 Å². The molecule has 166 valence electrons. The number of carbonyl (C=O) groups excluding carboxylic acids is 2. The van der Waals surface area contributed by atoms with Crippen molar-refractivity contribution in [1.82, 2.24) is 4.90 Å². The maximum Gasteiger partial charge on any atom is 0.269 e. The van der Waals surface area contributed by atoms with Crippen molar-refractivity contribution in [2.75, 3.05) is 11.9 Å². The zero-order valence-corrected chi connectivity index (χ0v) is 18.7. The van der Waals surface area contributed by atoms with Gasteiger partial charge in [-0.05, 0) is 48.7 Å². The highest BCUT2D eigenvalue weighted by Crippen LogP contribution is 2.33. The third-order valence-corrected chi connectivity index (χ3v) is 6.09. The number of hydrogen-bond acceptors (Lipinski definition) is 7. The summed E-state index contributed by atoms with van der Waals surface area (Å²) in [6, 6.07) is 12.2. The third kappa shape index (κ3) is 6.38. The second kappa shape index (κ2) is 10.9. The Bertz CT molecular complexity index is 1050. The van der Waals surface area contributed by atoms with E-state index in [9.17, 15) is 24.8 Å². The number of unbranched alkanes of at least 4 members (excludes halogenated alkanes) is 2. The molecule has 0 spiro atoms. The van der Waals surface area contributed by atoms with Gasteiger partial charge in [-0.3, -0.25) is 24.6 Å². The molecule has 32 heavy (non-hydrogen) atoms. The monoisotopic (exact) mass is 471 g/mol. The number of phenolic OH excluding ortho intramolecular Hbond substituents is 1. The summed E-state index contributed by atoms with van der Waals surface area (Å²) in [7, 11) is 0. The van der Waals surface area contributed by atoms with Gasteiger partial charge in [-0.1, -0.05) is 42.5 Å². The molecule has 1 saturated heterocycles. The van der Waals surface area contributed by atoms with E-state index < -0.39 is 4.92 Å². The van der Waals surface area contributed by atoms with Crippen LogP contribution in [-0.4, -0.2) is 37.6 Å². The normalized spacial score (nSPS) is 14.8. The third-order valence-electron chi connectivity index (χ3n) is 4.71. The number of nitrogens with one attached hydrogen (secondary N) is 1. The topological polar surface area (TPSA) is 113 Å². The molecular formula is C22H21N3O5S2. The van der Waals surface area contributed by atoms with Crippen molar-refractivity contribution in [3.63, 3.8) is 0 Å². The van der Waals surface area contributed by atoms with E-state index in [4.69, 9.17) is 12.2 Å². The Morgan fingerprint density at radius 1 is 1.12 bits per heavy atom. The molecule has 0 aromatic heterocycles. The molecule has 1 fully saturated rings. The minimum atomic E-state index is -0.493. The van der Waals surface area contributed by atoms with E-state index >= 15 is 0 Å². The van der Waals surface area contributed by atoms with Crippen LogP contribution in [0.25, 0.3) is 6.08 Å². The summed E-state index contributed by atoms with van der Waals surface area (Å²) in [5.41, 5.74) is 1.29. The molecule has 1 aliphatic heterocycles. The lowest BCUT2D eigenvalue weighted by Crippen LogP contribution is -2.29. The highest BCUT2D eigenvalue weighted by atomic mass is 32.2. The number of phenols is 1. The van der Waals surface area contributed by atoms with E-state index in [0.29, 0.717) is 40.7 Å². The largest absolute Gasteiger partial charge is 0.508 e. The van der Waals surface area contributed by atoms with Crippen molar-refractivity contribution >= 4 is 57.6 Å². The van der Waals surface area contributed by atoms with Crippen LogP contribution in [0.3, 0.4) is 0 Å². The standard InChI is InChI=1S/C22H21N3O5S2/c26-18-11-5-15(6-12-18)14-19-21(28)24(22(31)32-19)13-3-1-2-4-20(27)23-16-7-9-17(10-8-16)25(29)30/h5-12,14,26H,1-4,13H2,(H,23,27)/b19-14-. The number of rotatable bonds is 9. The lowest BCUT2D eigenvalue weighted by Gasteiger charge is -2.14. The van der Waals surface area contributed by atoms with E-state index in [1.165, 1.54) is 36.0 Å². The van der Waals surface area contributed by atoms with Gasteiger partial charge in [0.25, 0.3) is 11.6 Å². The Morgan fingerprint density at radius 3 is 2.47 bits per heavy atom. The quantitative estimate of drug-likeness (QED) is 0.179. The van der Waals surface area contributed by atoms with Crippen LogP contribution in [0.15, 0.2) is 53.4 Å². The fourth-order valence-electron chi connectivity index (χ4n) is 3.04. The molecular weight excluding hydrogens is 450 g/mol. The molecule has 0 saturated carbocycles. The smallest absolute Gasteiger partial charge is 0.269 e. The molecule has 8 nitrogen and oxygen atoms in total. The number of thiocarbonyl (C=S) groups is 1. The van der Waals surface area contributed by atoms with Crippen molar-refractivity contribution in [3.05, 3.63) is 69.1 Å². The molecule has 10 heteroatoms. The number of benzene rings is 2. The Hall–Kier alpha value is -3.24. The van der Waals surface area contributed by atoms with Gasteiger partial charge in [-0.15, -0.1) is 0 Å². The fourth-order valence-corrected chi connectivity index (χ4v) is 4.35. The van der Waals surface area contributed by atoms with Crippen LogP contribution in [0.4, 0.5) is 11.4 Å². The fraction of sp³-hybridized carbons (Fsp3) is 0.227. The molecule has 0 aliphatic carbocycles. The molecule has 0 unspecified atom stereocenters. The van der Waals surface area contributed by atoms with Gasteiger partial charge in [0, 0.05) is 30.8 Å². The first-order valence-electron chi connectivity index (χ1n) is 9.92. The van der Waals surface area contributed by atoms with Crippen LogP contribution in [0.5, 0.6) is 5.75 Å². The number of aromatic hydroxyl groups is 1. The zero-order chi connectivity index (χ0) is 23.1. The number of non-ortho nitro benzene ring substituents is 1. The van der Waals surface area contributed by atoms with Crippen LogP contribution >= 0.6 is 24.0 Å². The van der Waals surface area contributed by atoms with Gasteiger partial charge in [-0.2, -0.15) is 0 Å². The van der Waals surface area contributed by atoms with Gasteiger partial charge in [-0.25, -0.2) is 0 Å². The van der Waals surface area contributed by atoms with Crippen molar-refractivity contribution in [1.29, 1.82) is 0 Å². The molecule has 2 N–H and O–H groups in total. The summed E-state index contributed by atoms with van der Waals surface area (Å²) < 4.78 is 0.510. The highest BCUT2D eigenvalue weighted by molar-refractivity contribution is 8.26. The van der Waals surface area contributed by atoms with Crippen molar-refractivity contribution in [2.45, 2.75) is 25.7 Å². The van der Waals surface area contributed by atoms with Crippen molar-refractivity contribution < 1.29 is 19.6 Å². The van der Waals surface area contributed by atoms with Crippen LogP contribution in [-0.2, 0) is 9.59 Å². The number of amides is 2. The highest BCUT2D eigenvalue weighted by Gasteiger charge is 2.31.